The topological polar surface area (TPSA) is 91.1 Å². The molecule has 0 spiro atoms. The summed E-state index contributed by atoms with van der Waals surface area (Å²) in [5, 5.41) is 3.91. The average Bonchev–Trinajstić information content (AvgIpc) is 3.12. The SMILES string of the molecule is CCC1CCCCN1C(=O)COC(=O)c1ccc(OCc2c(C)noc2C)c(OC)c1. The van der Waals surface area contributed by atoms with Crippen LogP contribution in [0.2, 0.25) is 0 Å². The van der Waals surface area contributed by atoms with Gasteiger partial charge < -0.3 is 23.6 Å². The second-order valence-corrected chi connectivity index (χ2v) is 7.68. The van der Waals surface area contributed by atoms with Crippen molar-refractivity contribution in [2.75, 3.05) is 20.3 Å². The van der Waals surface area contributed by atoms with Gasteiger partial charge in [-0.3, -0.25) is 4.79 Å². The summed E-state index contributed by atoms with van der Waals surface area (Å²) in [6.45, 7) is 6.47. The molecular weight excluding hydrogens is 400 g/mol. The lowest BCUT2D eigenvalue weighted by molar-refractivity contribution is -0.138. The van der Waals surface area contributed by atoms with Crippen LogP contribution in [-0.4, -0.2) is 48.2 Å². The third-order valence-electron chi connectivity index (χ3n) is 5.70. The number of likely N-dealkylation sites (tertiary alicyclic amines) is 1. The van der Waals surface area contributed by atoms with E-state index in [4.69, 9.17) is 18.7 Å². The standard InChI is InChI=1S/C23H30N2O6/c1-5-18-8-6-7-11-25(18)22(26)14-30-23(27)17-9-10-20(21(12-17)28-4)29-13-19-15(2)24-31-16(19)3/h9-10,12,18H,5-8,11,13-14H2,1-4H3. The molecule has 3 rings (SSSR count). The van der Waals surface area contributed by atoms with E-state index in [2.05, 4.69) is 12.1 Å². The van der Waals surface area contributed by atoms with Crippen LogP contribution in [0.15, 0.2) is 22.7 Å². The van der Waals surface area contributed by atoms with Crippen molar-refractivity contribution in [1.29, 1.82) is 0 Å². The molecule has 1 saturated heterocycles. The van der Waals surface area contributed by atoms with Crippen LogP contribution in [0.25, 0.3) is 0 Å². The van der Waals surface area contributed by atoms with E-state index in [1.807, 2.05) is 18.7 Å². The molecule has 8 heteroatoms. The van der Waals surface area contributed by atoms with Gasteiger partial charge in [-0.15, -0.1) is 0 Å². The highest BCUT2D eigenvalue weighted by Gasteiger charge is 2.26. The molecule has 1 unspecified atom stereocenters. The van der Waals surface area contributed by atoms with Gasteiger partial charge in [0.2, 0.25) is 0 Å². The molecule has 1 amide bonds. The third kappa shape index (κ3) is 5.37. The van der Waals surface area contributed by atoms with Gasteiger partial charge in [-0.2, -0.15) is 0 Å². The molecule has 0 saturated carbocycles. The van der Waals surface area contributed by atoms with E-state index in [1.165, 1.54) is 7.11 Å². The Morgan fingerprint density at radius 2 is 2.03 bits per heavy atom. The number of rotatable bonds is 8. The van der Waals surface area contributed by atoms with Gasteiger partial charge >= 0.3 is 5.97 Å². The zero-order valence-electron chi connectivity index (χ0n) is 18.6. The highest BCUT2D eigenvalue weighted by Crippen LogP contribution is 2.30. The van der Waals surface area contributed by atoms with Crippen molar-refractivity contribution in [2.24, 2.45) is 0 Å². The third-order valence-corrected chi connectivity index (χ3v) is 5.70. The minimum atomic E-state index is -0.575. The molecule has 2 aromatic rings. The van der Waals surface area contributed by atoms with Gasteiger partial charge in [0.25, 0.3) is 5.91 Å². The molecular formula is C23H30N2O6. The van der Waals surface area contributed by atoms with Crippen molar-refractivity contribution in [3.05, 3.63) is 40.8 Å². The number of aromatic nitrogens is 1. The van der Waals surface area contributed by atoms with Crippen LogP contribution in [0.4, 0.5) is 0 Å². The lowest BCUT2D eigenvalue weighted by Crippen LogP contribution is -2.45. The van der Waals surface area contributed by atoms with E-state index in [-0.39, 0.29) is 25.2 Å². The number of aryl methyl sites for hydroxylation is 2. The van der Waals surface area contributed by atoms with Gasteiger partial charge in [0.1, 0.15) is 12.4 Å². The second-order valence-electron chi connectivity index (χ2n) is 7.68. The van der Waals surface area contributed by atoms with Crippen molar-refractivity contribution in [2.45, 2.75) is 59.1 Å². The van der Waals surface area contributed by atoms with Crippen LogP contribution >= 0.6 is 0 Å². The van der Waals surface area contributed by atoms with E-state index < -0.39 is 5.97 Å². The van der Waals surface area contributed by atoms with Crippen LogP contribution < -0.4 is 9.47 Å². The molecule has 0 bridgehead atoms. The maximum atomic E-state index is 12.5. The Morgan fingerprint density at radius 3 is 2.71 bits per heavy atom. The minimum Gasteiger partial charge on any atom is -0.493 e. The molecule has 31 heavy (non-hydrogen) atoms. The number of piperidine rings is 1. The largest absolute Gasteiger partial charge is 0.493 e. The number of nitrogens with zero attached hydrogens (tertiary/aromatic N) is 2. The highest BCUT2D eigenvalue weighted by molar-refractivity contribution is 5.92. The predicted octanol–water partition coefficient (Wildman–Crippen LogP) is 3.83. The van der Waals surface area contributed by atoms with E-state index in [1.54, 1.807) is 18.2 Å². The molecule has 168 valence electrons. The fourth-order valence-corrected chi connectivity index (χ4v) is 3.82. The quantitative estimate of drug-likeness (QED) is 0.588. The Morgan fingerprint density at radius 1 is 1.23 bits per heavy atom. The zero-order chi connectivity index (χ0) is 22.4. The van der Waals surface area contributed by atoms with Crippen LogP contribution in [0.3, 0.4) is 0 Å². The van der Waals surface area contributed by atoms with Crippen molar-refractivity contribution in [3.8, 4) is 11.5 Å². The molecule has 2 heterocycles. The summed E-state index contributed by atoms with van der Waals surface area (Å²) >= 11 is 0. The van der Waals surface area contributed by atoms with Gasteiger partial charge in [0, 0.05) is 12.6 Å². The lowest BCUT2D eigenvalue weighted by atomic mass is 10.00. The predicted molar refractivity (Wildman–Crippen MR) is 113 cm³/mol. The number of carbonyl (C=O) groups excluding carboxylic acids is 2. The van der Waals surface area contributed by atoms with Crippen LogP contribution in [-0.2, 0) is 16.1 Å². The van der Waals surface area contributed by atoms with Gasteiger partial charge in [0.15, 0.2) is 18.1 Å². The second kappa shape index (κ2) is 10.3. The number of methoxy groups -OCH3 is 1. The molecule has 1 aromatic heterocycles. The minimum absolute atomic E-state index is 0.147. The first-order valence-corrected chi connectivity index (χ1v) is 10.6. The number of benzene rings is 1. The maximum absolute atomic E-state index is 12.5. The first-order valence-electron chi connectivity index (χ1n) is 10.6. The number of ether oxygens (including phenoxy) is 3. The Bertz CT molecular complexity index is 903. The molecule has 1 aliphatic heterocycles. The summed E-state index contributed by atoms with van der Waals surface area (Å²) in [5.74, 6) is 0.851. The molecule has 0 N–H and O–H groups in total. The first kappa shape index (κ1) is 22.7. The number of hydrogen-bond donors (Lipinski definition) is 0. The summed E-state index contributed by atoms with van der Waals surface area (Å²) < 4.78 is 21.6. The molecule has 1 atom stereocenters. The maximum Gasteiger partial charge on any atom is 0.338 e. The fraction of sp³-hybridized carbons (Fsp3) is 0.522. The van der Waals surface area contributed by atoms with Crippen LogP contribution in [0.5, 0.6) is 11.5 Å². The van der Waals surface area contributed by atoms with E-state index >= 15 is 0 Å². The molecule has 8 nitrogen and oxygen atoms in total. The molecule has 0 radical (unpaired) electrons. The van der Waals surface area contributed by atoms with E-state index in [0.717, 1.165) is 43.5 Å². The Labute approximate surface area is 182 Å². The van der Waals surface area contributed by atoms with Crippen molar-refractivity contribution < 1.29 is 28.3 Å². The van der Waals surface area contributed by atoms with Crippen LogP contribution in [0, 0.1) is 13.8 Å². The van der Waals surface area contributed by atoms with Gasteiger partial charge in [-0.1, -0.05) is 12.1 Å². The van der Waals surface area contributed by atoms with E-state index in [0.29, 0.717) is 22.8 Å². The van der Waals surface area contributed by atoms with E-state index in [9.17, 15) is 9.59 Å². The van der Waals surface area contributed by atoms with Gasteiger partial charge in [-0.25, -0.2) is 4.79 Å². The monoisotopic (exact) mass is 430 g/mol. The molecule has 1 aromatic carbocycles. The van der Waals surface area contributed by atoms with Gasteiger partial charge in [-0.05, 0) is 57.7 Å². The summed E-state index contributed by atoms with van der Waals surface area (Å²) in [4.78, 5) is 26.8. The van der Waals surface area contributed by atoms with Crippen molar-refractivity contribution >= 4 is 11.9 Å². The van der Waals surface area contributed by atoms with Crippen molar-refractivity contribution in [3.63, 3.8) is 0 Å². The van der Waals surface area contributed by atoms with Crippen LogP contribution in [0.1, 0.15) is 60.0 Å². The summed E-state index contributed by atoms with van der Waals surface area (Å²) in [6.07, 6.45) is 4.03. The zero-order valence-corrected chi connectivity index (χ0v) is 18.6. The fourth-order valence-electron chi connectivity index (χ4n) is 3.82. The number of esters is 1. The summed E-state index contributed by atoms with van der Waals surface area (Å²) in [6, 6.07) is 5.01. The Kier molecular flexibility index (Phi) is 7.55. The number of carbonyl (C=O) groups is 2. The molecule has 0 aliphatic carbocycles. The van der Waals surface area contributed by atoms with Gasteiger partial charge in [0.05, 0.1) is 23.9 Å². The molecule has 1 fully saturated rings. The summed E-state index contributed by atoms with van der Waals surface area (Å²) in [7, 11) is 1.50. The Balaban J connectivity index is 1.60. The Hall–Kier alpha value is -3.03. The van der Waals surface area contributed by atoms with Crippen molar-refractivity contribution in [1.82, 2.24) is 10.1 Å². The average molecular weight is 431 g/mol. The smallest absolute Gasteiger partial charge is 0.338 e. The first-order chi connectivity index (χ1) is 14.9. The number of amides is 1. The number of hydrogen-bond acceptors (Lipinski definition) is 7. The lowest BCUT2D eigenvalue weighted by Gasteiger charge is -2.35. The normalized spacial score (nSPS) is 16.1. The summed E-state index contributed by atoms with van der Waals surface area (Å²) in [5.41, 5.74) is 1.92. The highest BCUT2D eigenvalue weighted by atomic mass is 16.5. The molecule has 1 aliphatic rings.